The van der Waals surface area contributed by atoms with Gasteiger partial charge in [-0.15, -0.1) is 11.3 Å². The Labute approximate surface area is 762 Å². The van der Waals surface area contributed by atoms with Gasteiger partial charge in [0.15, 0.2) is 0 Å². The minimum absolute atomic E-state index is 0.0707. The van der Waals surface area contributed by atoms with Gasteiger partial charge in [0.1, 0.15) is 11.6 Å². The lowest BCUT2D eigenvalue weighted by molar-refractivity contribution is 0.409. The van der Waals surface area contributed by atoms with Gasteiger partial charge in [0.2, 0.25) is 0 Å². The molecule has 1 aromatic carbocycles. The number of nitrogens with one attached hydrogen (secondary N) is 2. The highest BCUT2D eigenvalue weighted by Gasteiger charge is 2.22. The molecule has 0 atom stereocenters. The predicted molar refractivity (Wildman–Crippen MR) is 534 cm³/mol. The topological polar surface area (TPSA) is 200 Å². The van der Waals surface area contributed by atoms with Crippen molar-refractivity contribution in [2.45, 2.75) is 340 Å². The summed E-state index contributed by atoms with van der Waals surface area (Å²) in [4.78, 5) is 37.7. The van der Waals surface area contributed by atoms with Crippen LogP contribution in [0.4, 0.5) is 0 Å². The minimum Gasteiger partial charge on any atom is -0.472 e. The maximum absolute atomic E-state index is 5.20. The molecule has 682 valence electrons. The van der Waals surface area contributed by atoms with Crippen LogP contribution < -0.4 is 0 Å². The Kier molecular flexibility index (Phi) is 47.0. The highest BCUT2D eigenvalue weighted by Crippen LogP contribution is 2.29. The molecule has 13 aromatic rings. The maximum atomic E-state index is 5.20. The van der Waals surface area contributed by atoms with Crippen LogP contribution in [0.5, 0.6) is 0 Å². The van der Waals surface area contributed by atoms with Crippen LogP contribution in [-0.2, 0) is 70.4 Å². The smallest absolute Gasteiger partial charge is 0.133 e. The normalized spacial score (nSPS) is 11.6. The molecule has 12 heterocycles. The van der Waals surface area contributed by atoms with E-state index in [0.717, 1.165) is 34.4 Å². The molecule has 0 saturated heterocycles. The maximum Gasteiger partial charge on any atom is 0.133 e. The number of nitrogens with zero attached hydrogens (tertiary/aromatic N) is 11. The number of aromatic nitrogens is 13. The molecule has 0 amide bonds. The van der Waals surface area contributed by atoms with E-state index in [1.54, 1.807) is 74.6 Å². The van der Waals surface area contributed by atoms with Gasteiger partial charge in [-0.3, -0.25) is 35.0 Å². The molecule has 0 aliphatic carbocycles. The first-order valence-corrected chi connectivity index (χ1v) is 44.5. The van der Waals surface area contributed by atoms with Gasteiger partial charge in [0.25, 0.3) is 0 Å². The number of hydrogen-bond acceptors (Lipinski definition) is 14. The third kappa shape index (κ3) is 51.1. The molecule has 0 bridgehead atoms. The van der Waals surface area contributed by atoms with Crippen molar-refractivity contribution >= 4 is 11.3 Å². The molecule has 13 rings (SSSR count). The lowest BCUT2D eigenvalue weighted by Gasteiger charge is -2.18. The molecule has 16 heteroatoms. The average molecular weight is 1720 g/mol. The van der Waals surface area contributed by atoms with Crippen molar-refractivity contribution in [1.82, 2.24) is 65.3 Å². The number of benzene rings is 1. The molecule has 0 aliphatic heterocycles. The van der Waals surface area contributed by atoms with E-state index in [1.807, 2.05) is 127 Å². The summed E-state index contributed by atoms with van der Waals surface area (Å²) in [6, 6.07) is 52.8. The number of rotatable bonds is 0. The van der Waals surface area contributed by atoms with Crippen molar-refractivity contribution < 1.29 is 8.83 Å². The number of hydrogen-bond donors (Lipinski definition) is 2. The van der Waals surface area contributed by atoms with Gasteiger partial charge in [0, 0.05) is 158 Å². The summed E-state index contributed by atoms with van der Waals surface area (Å²) >= 11 is 1.83. The third-order valence-corrected chi connectivity index (χ3v) is 19.4. The zero-order valence-corrected chi connectivity index (χ0v) is 85.4. The van der Waals surface area contributed by atoms with Crippen LogP contribution in [0.1, 0.15) is 343 Å². The molecule has 0 saturated carbocycles. The molecule has 2 N–H and O–H groups in total. The van der Waals surface area contributed by atoms with Gasteiger partial charge in [-0.2, -0.15) is 15.3 Å². The van der Waals surface area contributed by atoms with Crippen molar-refractivity contribution in [3.63, 3.8) is 0 Å². The van der Waals surface area contributed by atoms with Crippen LogP contribution in [0.2, 0.25) is 0 Å². The van der Waals surface area contributed by atoms with Crippen LogP contribution in [0.3, 0.4) is 0 Å². The molecule has 12 aromatic heterocycles. The fourth-order valence-electron chi connectivity index (χ4n) is 9.81. The molecule has 0 radical (unpaired) electrons. The van der Waals surface area contributed by atoms with Crippen LogP contribution in [0.15, 0.2) is 277 Å². The van der Waals surface area contributed by atoms with Gasteiger partial charge in [-0.25, -0.2) is 9.97 Å². The highest BCUT2D eigenvalue weighted by molar-refractivity contribution is 7.10. The fourth-order valence-corrected chi connectivity index (χ4v) is 10.6. The van der Waals surface area contributed by atoms with Crippen LogP contribution >= 0.6 is 11.3 Å². The standard InChI is InChI=1S/C10H14.4C9H13N.3C8H12N2.C8H13N.2C8H12O.C8H12S.C7H12N2/c1-10(2,3)9-7-5-4-6-8-9;2*1-9(2,3)8-5-4-6-10-7-8;2*1-9(2,3)8-6-4-5-7-10-8;1-8(2,3)7-6-9-4-5-10-7;1-8(2,3)7-9-5-4-6-10-7;1-8(2,3)7-5-4-6-9-10-7;1-8(2,3)7-5-4-6-9-7;1-8(2,3)7-4-5-9-6-7;2*1-8(2,3)7-5-4-6-9-7;1-7(2,3)6-4-5-8-9-6/h4-8H,1-3H3;4*4-7H,1-3H3;3*4-6H,1-3H3;4-6,9H,1-3H3;3*4-6H,1-3H3;4-5H,1-3H3,(H,8,9). The molecule has 15 nitrogen and oxygen atoms in total. The second-order valence-corrected chi connectivity index (χ2v) is 44.8. The first-order valence-electron chi connectivity index (χ1n) is 43.6. The van der Waals surface area contributed by atoms with Gasteiger partial charge in [-0.1, -0.05) is 331 Å². The second kappa shape index (κ2) is 52.1. The van der Waals surface area contributed by atoms with Crippen molar-refractivity contribution in [3.8, 4) is 0 Å². The largest absolute Gasteiger partial charge is 0.472 e. The Hall–Kier alpha value is -10.2. The Morgan fingerprint density at radius 2 is 0.720 bits per heavy atom. The predicted octanol–water partition coefficient (Wildman–Crippen LogP) is 30.0. The quantitative estimate of drug-likeness (QED) is 0.145. The molecule has 0 aliphatic rings. The van der Waals surface area contributed by atoms with Crippen molar-refractivity contribution in [3.05, 3.63) is 342 Å². The number of pyridine rings is 4. The summed E-state index contributed by atoms with van der Waals surface area (Å²) < 4.78 is 10.1. The summed E-state index contributed by atoms with van der Waals surface area (Å²) in [6.07, 6.45) is 30.5. The Balaban J connectivity index is 0.000000677. The third-order valence-electron chi connectivity index (χ3n) is 18.1. The van der Waals surface area contributed by atoms with Crippen LogP contribution in [0.25, 0.3) is 0 Å². The monoisotopic (exact) mass is 1720 g/mol. The Morgan fingerprint density at radius 1 is 0.272 bits per heavy atom. The zero-order valence-electron chi connectivity index (χ0n) is 84.5. The van der Waals surface area contributed by atoms with Crippen LogP contribution in [0, 0.1) is 0 Å². The number of thiophene rings is 1. The SMILES string of the molecule is CC(C)(C)c1ccc[nH]1.CC(C)(C)c1ccccc1.CC(C)(C)c1ccccn1.CC(C)(C)c1ccccn1.CC(C)(C)c1cccnc1.CC(C)(C)c1cccnc1.CC(C)(C)c1cccnn1.CC(C)(C)c1ccco1.CC(C)(C)c1cccs1.CC(C)(C)c1ccn[nH]1.CC(C)(C)c1ccoc1.CC(C)(C)c1cnccn1.CC(C)(C)c1ncccn1. The number of H-pyrrole nitrogens is 2. The fraction of sp³-hybridized carbons (Fsp3) is 0.477. The van der Waals surface area contributed by atoms with E-state index in [0.29, 0.717) is 10.8 Å². The first kappa shape index (κ1) is 113. The molecule has 0 unspecified atom stereocenters. The van der Waals surface area contributed by atoms with E-state index in [-0.39, 0.29) is 59.6 Å². The zero-order chi connectivity index (χ0) is 95.4. The van der Waals surface area contributed by atoms with E-state index in [2.05, 4.69) is 413 Å². The average Bonchev–Trinajstić information content (AvgIpc) is 1.29. The van der Waals surface area contributed by atoms with Gasteiger partial charge < -0.3 is 13.8 Å². The van der Waals surface area contributed by atoms with E-state index < -0.39 is 0 Å². The molecular weight excluding hydrogens is 1560 g/mol. The van der Waals surface area contributed by atoms with E-state index in [4.69, 9.17) is 8.83 Å². The number of aromatic amines is 2. The summed E-state index contributed by atoms with van der Waals surface area (Å²) in [7, 11) is 0. The first-order chi connectivity index (χ1) is 57.4. The lowest BCUT2D eigenvalue weighted by Crippen LogP contribution is -2.14. The van der Waals surface area contributed by atoms with Crippen molar-refractivity contribution in [2.75, 3.05) is 0 Å². The molecule has 0 fully saturated rings. The van der Waals surface area contributed by atoms with Gasteiger partial charge >= 0.3 is 0 Å². The summed E-state index contributed by atoms with van der Waals surface area (Å²) in [5.41, 5.74) is 14.7. The Bertz CT molecular complexity index is 3860. The summed E-state index contributed by atoms with van der Waals surface area (Å²) in [6.45, 7) is 84.4. The van der Waals surface area contributed by atoms with Gasteiger partial charge in [-0.05, 0) is 152 Å². The van der Waals surface area contributed by atoms with Gasteiger partial charge in [0.05, 0.1) is 30.2 Å². The van der Waals surface area contributed by atoms with E-state index >= 15 is 0 Å². The Morgan fingerprint density at radius 3 is 0.944 bits per heavy atom. The number of furan rings is 2. The van der Waals surface area contributed by atoms with Crippen molar-refractivity contribution in [1.29, 1.82) is 0 Å². The minimum atomic E-state index is 0.0707. The van der Waals surface area contributed by atoms with Crippen LogP contribution in [-0.4, -0.2) is 65.3 Å². The van der Waals surface area contributed by atoms with Crippen molar-refractivity contribution in [2.24, 2.45) is 0 Å². The molecule has 125 heavy (non-hydrogen) atoms. The second-order valence-electron chi connectivity index (χ2n) is 43.8. The molecule has 0 spiro atoms. The summed E-state index contributed by atoms with van der Waals surface area (Å²) in [5.74, 6) is 1.94. The van der Waals surface area contributed by atoms with E-state index in [9.17, 15) is 0 Å². The lowest BCUT2D eigenvalue weighted by atomic mass is 9.87. The van der Waals surface area contributed by atoms with E-state index in [1.165, 1.54) is 38.5 Å². The highest BCUT2D eigenvalue weighted by atomic mass is 32.1. The summed E-state index contributed by atoms with van der Waals surface area (Å²) in [5, 5.41) is 16.7. The molecular formula is C109H163N13O2S.